The number of benzene rings is 2. The van der Waals surface area contributed by atoms with Crippen LogP contribution in [0, 0.1) is 0 Å². The van der Waals surface area contributed by atoms with Crippen LogP contribution in [0.3, 0.4) is 0 Å². The summed E-state index contributed by atoms with van der Waals surface area (Å²) in [6.45, 7) is 3.30. The first-order chi connectivity index (χ1) is 13.0. The number of hydrogen-bond donors (Lipinski definition) is 1. The number of amides is 1. The minimum Gasteiger partial charge on any atom is -0.493 e. The third kappa shape index (κ3) is 4.31. The molecular formula is C20H24N2O4S. The van der Waals surface area contributed by atoms with Crippen LogP contribution in [0.1, 0.15) is 36.5 Å². The number of piperidine rings is 1. The Bertz CT molecular complexity index is 906. The van der Waals surface area contributed by atoms with Gasteiger partial charge >= 0.3 is 0 Å². The van der Waals surface area contributed by atoms with Crippen LogP contribution in [0.4, 0.5) is 5.69 Å². The van der Waals surface area contributed by atoms with Gasteiger partial charge in [-0.3, -0.25) is 4.79 Å². The molecule has 1 aliphatic heterocycles. The highest BCUT2D eigenvalue weighted by atomic mass is 32.2. The second-order valence-electron chi connectivity index (χ2n) is 6.34. The van der Waals surface area contributed by atoms with Gasteiger partial charge in [0.2, 0.25) is 10.0 Å². The van der Waals surface area contributed by atoms with Crippen molar-refractivity contribution < 1.29 is 17.9 Å². The third-order valence-corrected chi connectivity index (χ3v) is 6.46. The molecule has 0 aromatic heterocycles. The van der Waals surface area contributed by atoms with Gasteiger partial charge in [-0.25, -0.2) is 8.42 Å². The molecule has 1 saturated heterocycles. The molecule has 0 radical (unpaired) electrons. The first-order valence-electron chi connectivity index (χ1n) is 9.16. The molecule has 3 rings (SSSR count). The Balaban J connectivity index is 1.90. The first-order valence-corrected chi connectivity index (χ1v) is 10.6. The second kappa shape index (κ2) is 8.54. The molecule has 0 bridgehead atoms. The summed E-state index contributed by atoms with van der Waals surface area (Å²) < 4.78 is 33.1. The first kappa shape index (κ1) is 19.4. The molecule has 1 amide bonds. The summed E-state index contributed by atoms with van der Waals surface area (Å²) in [6, 6.07) is 13.4. The zero-order valence-electron chi connectivity index (χ0n) is 15.3. The number of sulfonamides is 1. The van der Waals surface area contributed by atoms with Crippen molar-refractivity contribution in [1.82, 2.24) is 4.31 Å². The Morgan fingerprint density at radius 2 is 1.70 bits per heavy atom. The number of rotatable bonds is 6. The van der Waals surface area contributed by atoms with Crippen molar-refractivity contribution in [3.05, 3.63) is 54.1 Å². The number of nitrogens with one attached hydrogen (secondary N) is 1. The van der Waals surface area contributed by atoms with E-state index in [2.05, 4.69) is 5.32 Å². The van der Waals surface area contributed by atoms with E-state index in [9.17, 15) is 13.2 Å². The molecule has 2 aromatic carbocycles. The number of hydrogen-bond acceptors (Lipinski definition) is 4. The van der Waals surface area contributed by atoms with E-state index in [0.29, 0.717) is 31.0 Å². The zero-order valence-corrected chi connectivity index (χ0v) is 16.2. The molecule has 6 nitrogen and oxygen atoms in total. The van der Waals surface area contributed by atoms with E-state index >= 15 is 0 Å². The predicted octanol–water partition coefficient (Wildman–Crippen LogP) is 3.51. The normalized spacial score (nSPS) is 15.3. The lowest BCUT2D eigenvalue weighted by atomic mass is 10.2. The van der Waals surface area contributed by atoms with Gasteiger partial charge < -0.3 is 10.1 Å². The Kier molecular flexibility index (Phi) is 6.13. The summed E-state index contributed by atoms with van der Waals surface area (Å²) in [5, 5.41) is 2.75. The van der Waals surface area contributed by atoms with Gasteiger partial charge in [-0.1, -0.05) is 30.7 Å². The second-order valence-corrected chi connectivity index (χ2v) is 8.25. The Labute approximate surface area is 160 Å². The van der Waals surface area contributed by atoms with Crippen molar-refractivity contribution in [2.24, 2.45) is 0 Å². The number of para-hydroxylation sites is 2. The van der Waals surface area contributed by atoms with Crippen molar-refractivity contribution in [3.63, 3.8) is 0 Å². The average Bonchev–Trinajstić information content (AvgIpc) is 2.69. The monoisotopic (exact) mass is 388 g/mol. The zero-order chi connectivity index (χ0) is 19.3. The maximum Gasteiger partial charge on any atom is 0.259 e. The summed E-state index contributed by atoms with van der Waals surface area (Å²) in [5.74, 6) is 0.0641. The van der Waals surface area contributed by atoms with E-state index in [1.165, 1.54) is 10.4 Å². The molecule has 1 N–H and O–H groups in total. The molecule has 7 heteroatoms. The molecule has 0 saturated carbocycles. The summed E-state index contributed by atoms with van der Waals surface area (Å²) in [6.07, 6.45) is 2.75. The number of ether oxygens (including phenoxy) is 1. The van der Waals surface area contributed by atoms with Crippen LogP contribution >= 0.6 is 0 Å². The lowest BCUT2D eigenvalue weighted by Crippen LogP contribution is -2.36. The van der Waals surface area contributed by atoms with E-state index in [4.69, 9.17) is 4.74 Å². The minimum atomic E-state index is -3.65. The summed E-state index contributed by atoms with van der Waals surface area (Å²) in [4.78, 5) is 12.9. The van der Waals surface area contributed by atoms with Crippen molar-refractivity contribution in [1.29, 1.82) is 0 Å². The molecule has 2 aromatic rings. The SMILES string of the molecule is CCOc1ccccc1C(=O)Nc1ccccc1S(=O)(=O)N1CCCCC1. The maximum absolute atomic E-state index is 13.0. The summed E-state index contributed by atoms with van der Waals surface area (Å²) in [7, 11) is -3.65. The Hall–Kier alpha value is -2.38. The predicted molar refractivity (Wildman–Crippen MR) is 105 cm³/mol. The molecule has 1 fully saturated rings. The van der Waals surface area contributed by atoms with Gasteiger partial charge in [-0.2, -0.15) is 4.31 Å². The molecule has 144 valence electrons. The molecule has 0 spiro atoms. The Morgan fingerprint density at radius 3 is 2.44 bits per heavy atom. The lowest BCUT2D eigenvalue weighted by molar-refractivity contribution is 0.102. The van der Waals surface area contributed by atoms with Crippen LogP contribution in [0.15, 0.2) is 53.4 Å². The van der Waals surface area contributed by atoms with Gasteiger partial charge in [0.1, 0.15) is 10.6 Å². The fraction of sp³-hybridized carbons (Fsp3) is 0.350. The average molecular weight is 388 g/mol. The maximum atomic E-state index is 13.0. The van der Waals surface area contributed by atoms with Crippen LogP contribution in [-0.2, 0) is 10.0 Å². The van der Waals surface area contributed by atoms with Gasteiger partial charge in [0.05, 0.1) is 17.9 Å². The van der Waals surface area contributed by atoms with Crippen molar-refractivity contribution >= 4 is 21.6 Å². The molecular weight excluding hydrogens is 364 g/mol. The van der Waals surface area contributed by atoms with Gasteiger partial charge in [0.25, 0.3) is 5.91 Å². The highest BCUT2D eigenvalue weighted by Crippen LogP contribution is 2.28. The number of carbonyl (C=O) groups is 1. The van der Waals surface area contributed by atoms with Gasteiger partial charge in [0, 0.05) is 13.1 Å². The standard InChI is InChI=1S/C20H24N2O4S/c1-2-26-18-12-6-4-10-16(18)20(23)21-17-11-5-7-13-19(17)27(24,25)22-14-8-3-9-15-22/h4-7,10-13H,2-3,8-9,14-15H2,1H3,(H,21,23). The summed E-state index contributed by atoms with van der Waals surface area (Å²) in [5.41, 5.74) is 0.642. The van der Waals surface area contributed by atoms with E-state index < -0.39 is 15.9 Å². The number of carbonyl (C=O) groups excluding carboxylic acids is 1. The smallest absolute Gasteiger partial charge is 0.259 e. The van der Waals surface area contributed by atoms with Crippen LogP contribution in [-0.4, -0.2) is 38.3 Å². The van der Waals surface area contributed by atoms with Gasteiger partial charge in [-0.05, 0) is 44.0 Å². The quantitative estimate of drug-likeness (QED) is 0.822. The minimum absolute atomic E-state index is 0.120. The fourth-order valence-corrected chi connectivity index (χ4v) is 4.83. The molecule has 0 atom stereocenters. The van der Waals surface area contributed by atoms with Crippen molar-refractivity contribution in [3.8, 4) is 5.75 Å². The largest absolute Gasteiger partial charge is 0.493 e. The number of nitrogens with zero attached hydrogens (tertiary/aromatic N) is 1. The molecule has 1 heterocycles. The lowest BCUT2D eigenvalue weighted by Gasteiger charge is -2.26. The van der Waals surface area contributed by atoms with E-state index in [0.717, 1.165) is 19.3 Å². The van der Waals surface area contributed by atoms with E-state index in [1.807, 2.05) is 6.92 Å². The fourth-order valence-electron chi connectivity index (χ4n) is 3.16. The molecule has 0 unspecified atom stereocenters. The van der Waals surface area contributed by atoms with Crippen LogP contribution < -0.4 is 10.1 Å². The van der Waals surface area contributed by atoms with Crippen LogP contribution in [0.25, 0.3) is 0 Å². The van der Waals surface area contributed by atoms with Crippen molar-refractivity contribution in [2.75, 3.05) is 25.0 Å². The topological polar surface area (TPSA) is 75.7 Å². The van der Waals surface area contributed by atoms with E-state index in [1.54, 1.807) is 42.5 Å². The van der Waals surface area contributed by atoms with Crippen molar-refractivity contribution in [2.45, 2.75) is 31.1 Å². The molecule has 0 aliphatic carbocycles. The molecule has 1 aliphatic rings. The molecule has 27 heavy (non-hydrogen) atoms. The Morgan fingerprint density at radius 1 is 1.04 bits per heavy atom. The highest BCUT2D eigenvalue weighted by Gasteiger charge is 2.28. The van der Waals surface area contributed by atoms with Gasteiger partial charge in [-0.15, -0.1) is 0 Å². The number of anilines is 1. The summed E-state index contributed by atoms with van der Waals surface area (Å²) >= 11 is 0. The third-order valence-electron chi connectivity index (χ3n) is 4.50. The van der Waals surface area contributed by atoms with Crippen LogP contribution in [0.2, 0.25) is 0 Å². The van der Waals surface area contributed by atoms with Gasteiger partial charge in [0.15, 0.2) is 0 Å². The van der Waals surface area contributed by atoms with E-state index in [-0.39, 0.29) is 10.6 Å². The highest BCUT2D eigenvalue weighted by molar-refractivity contribution is 7.89. The van der Waals surface area contributed by atoms with Crippen LogP contribution in [0.5, 0.6) is 5.75 Å².